The van der Waals surface area contributed by atoms with Gasteiger partial charge in [-0.15, -0.1) is 0 Å². The van der Waals surface area contributed by atoms with Crippen LogP contribution in [0, 0.1) is 11.8 Å². The van der Waals surface area contributed by atoms with Crippen molar-refractivity contribution in [3.05, 3.63) is 53.3 Å². The van der Waals surface area contributed by atoms with Gasteiger partial charge >= 0.3 is 6.03 Å². The number of nitrogens with zero attached hydrogens (tertiary/aromatic N) is 3. The molecular formula is C24H23N5O4S. The van der Waals surface area contributed by atoms with Gasteiger partial charge in [-0.25, -0.2) is 9.78 Å². The number of ether oxygens (including phenoxy) is 1. The van der Waals surface area contributed by atoms with Crippen molar-refractivity contribution in [2.75, 3.05) is 43.1 Å². The molecule has 0 unspecified atom stereocenters. The maximum Gasteiger partial charge on any atom is 0.323 e. The van der Waals surface area contributed by atoms with Crippen molar-refractivity contribution >= 4 is 35.3 Å². The van der Waals surface area contributed by atoms with Crippen LogP contribution < -0.4 is 20.3 Å². The standard InChI is InChI=1S/C24H23N5O4S/c1-33-19-5-2-16-14-29(21(30)20(16)12-19)15-24(22(31)26-23(32)27-24)7-6-17-3-4-18(13-25-17)28-8-10-34-11-9-28/h2-5,12-13H,8-11,14-15H2,1H3,(H2,26,27,31,32)/t24-/m1/s1. The largest absolute Gasteiger partial charge is 0.497 e. The molecule has 0 spiro atoms. The minimum atomic E-state index is -1.57. The lowest BCUT2D eigenvalue weighted by atomic mass is 9.99. The smallest absolute Gasteiger partial charge is 0.323 e. The number of aromatic nitrogens is 1. The van der Waals surface area contributed by atoms with E-state index in [0.29, 0.717) is 23.6 Å². The third-order valence-corrected chi connectivity index (χ3v) is 7.04. The number of amides is 4. The number of hydrogen-bond donors (Lipinski definition) is 2. The number of nitrogens with one attached hydrogen (secondary N) is 2. The van der Waals surface area contributed by atoms with Gasteiger partial charge in [-0.1, -0.05) is 12.0 Å². The molecule has 10 heteroatoms. The lowest BCUT2D eigenvalue weighted by molar-refractivity contribution is -0.122. The van der Waals surface area contributed by atoms with Crippen LogP contribution in [0.4, 0.5) is 10.5 Å². The second-order valence-corrected chi connectivity index (χ2v) is 9.47. The van der Waals surface area contributed by atoms with Gasteiger partial charge in [0.1, 0.15) is 11.4 Å². The molecule has 34 heavy (non-hydrogen) atoms. The maximum absolute atomic E-state index is 13.0. The van der Waals surface area contributed by atoms with Gasteiger partial charge < -0.3 is 19.9 Å². The first-order valence-corrected chi connectivity index (χ1v) is 12.0. The summed E-state index contributed by atoms with van der Waals surface area (Å²) in [4.78, 5) is 46.0. The third kappa shape index (κ3) is 4.15. The van der Waals surface area contributed by atoms with E-state index in [4.69, 9.17) is 4.74 Å². The minimum absolute atomic E-state index is 0.0864. The molecule has 2 N–H and O–H groups in total. The zero-order chi connectivity index (χ0) is 23.7. The average molecular weight is 478 g/mol. The van der Waals surface area contributed by atoms with Gasteiger partial charge in [0.15, 0.2) is 0 Å². The Morgan fingerprint density at radius 2 is 2.00 bits per heavy atom. The van der Waals surface area contributed by atoms with Crippen molar-refractivity contribution in [1.29, 1.82) is 0 Å². The SMILES string of the molecule is COc1ccc2c(c1)C(=O)N(C[C@@]1(C#Cc3ccc(N4CCSCC4)cn3)NC(=O)NC1=O)C2. The molecule has 0 radical (unpaired) electrons. The second-order valence-electron chi connectivity index (χ2n) is 8.25. The average Bonchev–Trinajstić information content (AvgIpc) is 3.32. The van der Waals surface area contributed by atoms with Crippen molar-refractivity contribution in [1.82, 2.24) is 20.5 Å². The zero-order valence-electron chi connectivity index (χ0n) is 18.6. The summed E-state index contributed by atoms with van der Waals surface area (Å²) >= 11 is 1.94. The number of benzene rings is 1. The monoisotopic (exact) mass is 477 g/mol. The van der Waals surface area contributed by atoms with Gasteiger partial charge in [-0.3, -0.25) is 14.9 Å². The highest BCUT2D eigenvalue weighted by atomic mass is 32.2. The predicted octanol–water partition coefficient (Wildman–Crippen LogP) is 1.23. The Bertz CT molecular complexity index is 1220. The number of imide groups is 1. The first-order chi connectivity index (χ1) is 16.5. The lowest BCUT2D eigenvalue weighted by Gasteiger charge is -2.28. The van der Waals surface area contributed by atoms with Crippen molar-refractivity contribution in [3.8, 4) is 17.6 Å². The van der Waals surface area contributed by atoms with Crippen molar-refractivity contribution in [3.63, 3.8) is 0 Å². The van der Waals surface area contributed by atoms with Crippen LogP contribution >= 0.6 is 11.8 Å². The molecule has 2 aromatic rings. The molecule has 174 valence electrons. The van der Waals surface area contributed by atoms with Crippen LogP contribution in [0.1, 0.15) is 21.6 Å². The molecule has 2 saturated heterocycles. The summed E-state index contributed by atoms with van der Waals surface area (Å²) in [6, 6.07) is 8.40. The van der Waals surface area contributed by atoms with Gasteiger partial charge in [0.2, 0.25) is 5.54 Å². The van der Waals surface area contributed by atoms with E-state index in [2.05, 4.69) is 32.4 Å². The first kappa shape index (κ1) is 22.1. The third-order valence-electron chi connectivity index (χ3n) is 6.09. The maximum atomic E-state index is 13.0. The van der Waals surface area contributed by atoms with E-state index in [0.717, 1.165) is 35.8 Å². The topological polar surface area (TPSA) is 104 Å². The summed E-state index contributed by atoms with van der Waals surface area (Å²) in [6.45, 7) is 2.18. The predicted molar refractivity (Wildman–Crippen MR) is 128 cm³/mol. The van der Waals surface area contributed by atoms with Crippen LogP contribution in [0.2, 0.25) is 0 Å². The molecule has 4 heterocycles. The number of carbonyl (C=O) groups is 3. The van der Waals surface area contributed by atoms with Crippen molar-refractivity contribution in [2.24, 2.45) is 0 Å². The highest BCUT2D eigenvalue weighted by Gasteiger charge is 2.48. The van der Waals surface area contributed by atoms with E-state index >= 15 is 0 Å². The van der Waals surface area contributed by atoms with Crippen molar-refractivity contribution < 1.29 is 19.1 Å². The molecule has 0 saturated carbocycles. The van der Waals surface area contributed by atoms with E-state index in [1.54, 1.807) is 24.4 Å². The van der Waals surface area contributed by atoms with E-state index in [-0.39, 0.29) is 12.5 Å². The molecule has 1 aromatic carbocycles. The van der Waals surface area contributed by atoms with E-state index in [1.807, 2.05) is 23.9 Å². The number of rotatable bonds is 4. The molecule has 4 amide bonds. The van der Waals surface area contributed by atoms with Gasteiger partial charge in [0.05, 0.1) is 25.5 Å². The number of pyridine rings is 1. The van der Waals surface area contributed by atoms with Crippen LogP contribution in [0.25, 0.3) is 0 Å². The molecule has 9 nitrogen and oxygen atoms in total. The Hall–Kier alpha value is -3.71. The normalized spacial score (nSPS) is 21.5. The van der Waals surface area contributed by atoms with Crippen molar-refractivity contribution in [2.45, 2.75) is 12.1 Å². The molecule has 3 aliphatic heterocycles. The molecule has 0 bridgehead atoms. The van der Waals surface area contributed by atoms with E-state index < -0.39 is 17.5 Å². The number of carbonyl (C=O) groups excluding carboxylic acids is 3. The number of hydrogen-bond acceptors (Lipinski definition) is 7. The van der Waals surface area contributed by atoms with Gasteiger partial charge in [-0.05, 0) is 35.7 Å². The lowest BCUT2D eigenvalue weighted by Crippen LogP contribution is -2.54. The summed E-state index contributed by atoms with van der Waals surface area (Å²) in [5.41, 5.74) is 1.28. The number of methoxy groups -OCH3 is 1. The second kappa shape index (κ2) is 8.91. The summed E-state index contributed by atoms with van der Waals surface area (Å²) in [7, 11) is 1.54. The fourth-order valence-corrected chi connectivity index (χ4v) is 5.15. The Balaban J connectivity index is 1.38. The first-order valence-electron chi connectivity index (χ1n) is 10.9. The number of anilines is 1. The van der Waals surface area contributed by atoms with Crippen LogP contribution in [0.15, 0.2) is 36.5 Å². The minimum Gasteiger partial charge on any atom is -0.497 e. The van der Waals surface area contributed by atoms with Crippen LogP contribution in [0.3, 0.4) is 0 Å². The quantitative estimate of drug-likeness (QED) is 0.504. The molecule has 3 aliphatic rings. The Kier molecular flexibility index (Phi) is 5.79. The number of thioether (sulfide) groups is 1. The Labute approximate surface area is 201 Å². The van der Waals surface area contributed by atoms with E-state index in [1.165, 1.54) is 12.0 Å². The fourth-order valence-electron chi connectivity index (χ4n) is 4.25. The summed E-state index contributed by atoms with van der Waals surface area (Å²) in [5.74, 6) is 7.73. The summed E-state index contributed by atoms with van der Waals surface area (Å²) < 4.78 is 5.22. The molecule has 0 aliphatic carbocycles. The highest BCUT2D eigenvalue weighted by Crippen LogP contribution is 2.28. The highest BCUT2D eigenvalue weighted by molar-refractivity contribution is 7.99. The summed E-state index contributed by atoms with van der Waals surface area (Å²) in [6.07, 6.45) is 1.77. The van der Waals surface area contributed by atoms with Crippen LogP contribution in [-0.2, 0) is 11.3 Å². The van der Waals surface area contributed by atoms with Crippen LogP contribution in [-0.4, -0.2) is 71.5 Å². The van der Waals surface area contributed by atoms with Gasteiger partial charge in [0, 0.05) is 36.7 Å². The van der Waals surface area contributed by atoms with Crippen LogP contribution in [0.5, 0.6) is 5.75 Å². The summed E-state index contributed by atoms with van der Waals surface area (Å²) in [5, 5.41) is 4.86. The molecule has 1 aromatic heterocycles. The Morgan fingerprint density at radius 1 is 1.18 bits per heavy atom. The molecular weight excluding hydrogens is 454 g/mol. The molecule has 2 fully saturated rings. The van der Waals surface area contributed by atoms with E-state index in [9.17, 15) is 14.4 Å². The zero-order valence-corrected chi connectivity index (χ0v) is 19.4. The van der Waals surface area contributed by atoms with Gasteiger partial charge in [0.25, 0.3) is 11.8 Å². The Morgan fingerprint density at radius 3 is 2.68 bits per heavy atom. The fraction of sp³-hybridized carbons (Fsp3) is 0.333. The van der Waals surface area contributed by atoms with Gasteiger partial charge in [-0.2, -0.15) is 11.8 Å². The molecule has 1 atom stereocenters. The number of fused-ring (bicyclic) bond motifs is 1. The number of urea groups is 1. The molecule has 5 rings (SSSR count).